The smallest absolute Gasteiger partial charge is 0.254 e. The molecule has 0 saturated carbocycles. The second kappa shape index (κ2) is 8.55. The van der Waals surface area contributed by atoms with E-state index in [4.69, 9.17) is 0 Å². The third-order valence-electron chi connectivity index (χ3n) is 6.38. The van der Waals surface area contributed by atoms with Gasteiger partial charge in [-0.2, -0.15) is 5.10 Å². The van der Waals surface area contributed by atoms with Gasteiger partial charge in [0.05, 0.1) is 11.9 Å². The zero-order chi connectivity index (χ0) is 21.2. The van der Waals surface area contributed by atoms with Crippen LogP contribution in [0.3, 0.4) is 0 Å². The van der Waals surface area contributed by atoms with Crippen LogP contribution >= 0.6 is 0 Å². The summed E-state index contributed by atoms with van der Waals surface area (Å²) in [6, 6.07) is 14.9. The van der Waals surface area contributed by atoms with Gasteiger partial charge in [-0.1, -0.05) is 30.3 Å². The van der Waals surface area contributed by atoms with Crippen LogP contribution in [-0.4, -0.2) is 51.7 Å². The topological polar surface area (TPSA) is 53.4 Å². The molecule has 0 aliphatic carbocycles. The number of nitrogens with zero attached hydrogens (tertiary/aromatic N) is 4. The van der Waals surface area contributed by atoms with Crippen molar-refractivity contribution in [3.8, 4) is 0 Å². The predicted molar refractivity (Wildman–Crippen MR) is 123 cm³/mol. The number of hydrogen-bond donors (Lipinski definition) is 1. The first-order valence-corrected chi connectivity index (χ1v) is 11.1. The Bertz CT molecular complexity index is 1090. The maximum absolute atomic E-state index is 13.1. The lowest BCUT2D eigenvalue weighted by molar-refractivity contribution is 0.0730. The standard InChI is InChI=1S/C25H29N5O/c1-28-18-23(16-26-28)27-22-8-7-20-10-14-30(25(31)24(20)15-22)12-4-11-29-13-9-19-5-2-3-6-21(19)17-29/h2-3,5-8,15-16,18,27H,4,9-14,17H2,1H3. The van der Waals surface area contributed by atoms with E-state index in [1.807, 2.05) is 30.3 Å². The lowest BCUT2D eigenvalue weighted by Crippen LogP contribution is -2.40. The van der Waals surface area contributed by atoms with Crippen LogP contribution < -0.4 is 5.32 Å². The number of amides is 1. The van der Waals surface area contributed by atoms with E-state index in [1.54, 1.807) is 10.9 Å². The SMILES string of the molecule is Cn1cc(Nc2ccc3c(c2)C(=O)N(CCCN2CCc4ccccc4C2)CC3)cn1. The van der Waals surface area contributed by atoms with Gasteiger partial charge in [-0.3, -0.25) is 14.4 Å². The summed E-state index contributed by atoms with van der Waals surface area (Å²) in [4.78, 5) is 17.7. The first kappa shape index (κ1) is 19.8. The van der Waals surface area contributed by atoms with E-state index >= 15 is 0 Å². The van der Waals surface area contributed by atoms with Gasteiger partial charge >= 0.3 is 0 Å². The van der Waals surface area contributed by atoms with Gasteiger partial charge in [0.15, 0.2) is 0 Å². The van der Waals surface area contributed by atoms with Crippen molar-refractivity contribution in [2.75, 3.05) is 31.5 Å². The number of carbonyl (C=O) groups is 1. The number of nitrogens with one attached hydrogen (secondary N) is 1. The van der Waals surface area contributed by atoms with Gasteiger partial charge in [0.1, 0.15) is 0 Å². The lowest BCUT2D eigenvalue weighted by atomic mass is 9.98. The summed E-state index contributed by atoms with van der Waals surface area (Å²) in [7, 11) is 1.89. The molecule has 6 nitrogen and oxygen atoms in total. The Kier molecular flexibility index (Phi) is 5.47. The molecule has 2 aliphatic rings. The molecule has 160 valence electrons. The molecule has 3 heterocycles. The number of aromatic nitrogens is 2. The molecule has 1 aromatic heterocycles. The minimum absolute atomic E-state index is 0.153. The second-order valence-corrected chi connectivity index (χ2v) is 8.59. The molecule has 2 aliphatic heterocycles. The molecule has 5 rings (SSSR count). The van der Waals surface area contributed by atoms with Crippen molar-refractivity contribution < 1.29 is 4.79 Å². The molecule has 0 fully saturated rings. The van der Waals surface area contributed by atoms with Gasteiger partial charge < -0.3 is 10.2 Å². The Morgan fingerprint density at radius 3 is 2.65 bits per heavy atom. The Balaban J connectivity index is 1.18. The minimum atomic E-state index is 0.153. The van der Waals surface area contributed by atoms with Gasteiger partial charge in [-0.15, -0.1) is 0 Å². The lowest BCUT2D eigenvalue weighted by Gasteiger charge is -2.31. The van der Waals surface area contributed by atoms with Crippen molar-refractivity contribution >= 4 is 17.3 Å². The van der Waals surface area contributed by atoms with Crippen LogP contribution in [0, 0.1) is 0 Å². The number of anilines is 2. The molecule has 1 N–H and O–H groups in total. The van der Waals surface area contributed by atoms with Crippen LogP contribution in [0.2, 0.25) is 0 Å². The zero-order valence-corrected chi connectivity index (χ0v) is 18.1. The highest BCUT2D eigenvalue weighted by Gasteiger charge is 2.25. The third-order valence-corrected chi connectivity index (χ3v) is 6.38. The number of hydrogen-bond acceptors (Lipinski definition) is 4. The van der Waals surface area contributed by atoms with Gasteiger partial charge in [-0.05, 0) is 48.1 Å². The summed E-state index contributed by atoms with van der Waals surface area (Å²) in [5, 5.41) is 7.53. The largest absolute Gasteiger partial charge is 0.353 e. The summed E-state index contributed by atoms with van der Waals surface area (Å²) in [6.45, 7) is 4.79. The maximum Gasteiger partial charge on any atom is 0.254 e. The van der Waals surface area contributed by atoms with Gasteiger partial charge in [0.2, 0.25) is 0 Å². The van der Waals surface area contributed by atoms with E-state index in [-0.39, 0.29) is 5.91 Å². The van der Waals surface area contributed by atoms with Crippen LogP contribution in [0.1, 0.15) is 33.5 Å². The molecule has 0 radical (unpaired) electrons. The summed E-state index contributed by atoms with van der Waals surface area (Å²) in [6.07, 6.45) is 6.76. The molecule has 31 heavy (non-hydrogen) atoms. The molecular formula is C25H29N5O. The summed E-state index contributed by atoms with van der Waals surface area (Å²) < 4.78 is 1.76. The van der Waals surface area contributed by atoms with E-state index in [9.17, 15) is 4.79 Å². The fraction of sp³-hybridized carbons (Fsp3) is 0.360. The summed E-state index contributed by atoms with van der Waals surface area (Å²) >= 11 is 0. The second-order valence-electron chi connectivity index (χ2n) is 8.59. The molecule has 0 bridgehead atoms. The molecule has 0 saturated heterocycles. The minimum Gasteiger partial charge on any atom is -0.353 e. The quantitative estimate of drug-likeness (QED) is 0.668. The molecule has 0 unspecified atom stereocenters. The normalized spacial score (nSPS) is 16.2. The Morgan fingerprint density at radius 1 is 0.968 bits per heavy atom. The molecule has 3 aromatic rings. The summed E-state index contributed by atoms with van der Waals surface area (Å²) in [5.74, 6) is 0.153. The molecular weight excluding hydrogens is 386 g/mol. The van der Waals surface area contributed by atoms with Gasteiger partial charge in [0, 0.05) is 57.2 Å². The van der Waals surface area contributed by atoms with Crippen molar-refractivity contribution in [1.29, 1.82) is 0 Å². The highest BCUT2D eigenvalue weighted by Crippen LogP contribution is 2.25. The van der Waals surface area contributed by atoms with E-state index in [0.29, 0.717) is 0 Å². The average molecular weight is 416 g/mol. The fourth-order valence-corrected chi connectivity index (χ4v) is 4.69. The maximum atomic E-state index is 13.1. The van der Waals surface area contributed by atoms with Crippen LogP contribution in [0.4, 0.5) is 11.4 Å². The number of carbonyl (C=O) groups excluding carboxylic acids is 1. The van der Waals surface area contributed by atoms with Crippen LogP contribution in [0.5, 0.6) is 0 Å². The van der Waals surface area contributed by atoms with Crippen molar-refractivity contribution in [1.82, 2.24) is 19.6 Å². The van der Waals surface area contributed by atoms with Gasteiger partial charge in [0.25, 0.3) is 5.91 Å². The van der Waals surface area contributed by atoms with Crippen LogP contribution in [0.15, 0.2) is 54.9 Å². The van der Waals surface area contributed by atoms with Crippen molar-refractivity contribution in [2.45, 2.75) is 25.8 Å². The van der Waals surface area contributed by atoms with Crippen LogP contribution in [0.25, 0.3) is 0 Å². The van der Waals surface area contributed by atoms with Crippen LogP contribution in [-0.2, 0) is 26.4 Å². The Hall–Kier alpha value is -3.12. The Labute approximate surface area is 183 Å². The summed E-state index contributed by atoms with van der Waals surface area (Å²) in [5.41, 5.74) is 6.75. The van der Waals surface area contributed by atoms with Crippen molar-refractivity contribution in [3.63, 3.8) is 0 Å². The number of rotatable bonds is 6. The molecule has 1 amide bonds. The van der Waals surface area contributed by atoms with Crippen molar-refractivity contribution in [3.05, 3.63) is 77.1 Å². The molecule has 6 heteroatoms. The zero-order valence-electron chi connectivity index (χ0n) is 18.1. The highest BCUT2D eigenvalue weighted by atomic mass is 16.2. The number of benzene rings is 2. The van der Waals surface area contributed by atoms with E-state index < -0.39 is 0 Å². The molecule has 0 spiro atoms. The first-order chi connectivity index (χ1) is 15.2. The molecule has 0 atom stereocenters. The predicted octanol–water partition coefficient (Wildman–Crippen LogP) is 3.61. The first-order valence-electron chi connectivity index (χ1n) is 11.1. The number of aryl methyl sites for hydroxylation is 1. The average Bonchev–Trinajstić information content (AvgIpc) is 3.20. The number of fused-ring (bicyclic) bond motifs is 2. The van der Waals surface area contributed by atoms with Gasteiger partial charge in [-0.25, -0.2) is 0 Å². The van der Waals surface area contributed by atoms with E-state index in [1.165, 1.54) is 11.1 Å². The van der Waals surface area contributed by atoms with E-state index in [0.717, 1.165) is 74.5 Å². The highest BCUT2D eigenvalue weighted by molar-refractivity contribution is 5.97. The van der Waals surface area contributed by atoms with E-state index in [2.05, 4.69) is 45.6 Å². The fourth-order valence-electron chi connectivity index (χ4n) is 4.69. The van der Waals surface area contributed by atoms with Crippen molar-refractivity contribution in [2.24, 2.45) is 7.05 Å². The Morgan fingerprint density at radius 2 is 1.81 bits per heavy atom. The monoisotopic (exact) mass is 415 g/mol. The molecule has 2 aromatic carbocycles. The third kappa shape index (κ3) is 4.35.